The van der Waals surface area contributed by atoms with Gasteiger partial charge in [0, 0.05) is 18.6 Å². The third-order valence-corrected chi connectivity index (χ3v) is 7.52. The average Bonchev–Trinajstić information content (AvgIpc) is 3.44. The first kappa shape index (κ1) is 30.4. The molecule has 0 bridgehead atoms. The highest BCUT2D eigenvalue weighted by Crippen LogP contribution is 2.33. The number of aliphatic carboxylic acids is 1. The van der Waals surface area contributed by atoms with Gasteiger partial charge in [-0.15, -0.1) is 0 Å². The van der Waals surface area contributed by atoms with E-state index in [2.05, 4.69) is 5.32 Å². The van der Waals surface area contributed by atoms with Crippen molar-refractivity contribution in [3.63, 3.8) is 0 Å². The lowest BCUT2D eigenvalue weighted by Crippen LogP contribution is -2.41. The number of hydrogen-bond acceptors (Lipinski definition) is 7. The van der Waals surface area contributed by atoms with Gasteiger partial charge in [0.25, 0.3) is 5.91 Å². The molecule has 1 aliphatic heterocycles. The van der Waals surface area contributed by atoms with E-state index in [9.17, 15) is 14.7 Å². The van der Waals surface area contributed by atoms with Crippen molar-refractivity contribution in [1.82, 2.24) is 5.32 Å². The Kier molecular flexibility index (Phi) is 11.1. The maximum Gasteiger partial charge on any atom is 0.326 e. The molecule has 2 atom stereocenters. The summed E-state index contributed by atoms with van der Waals surface area (Å²) in [6.07, 6.45) is 2.69. The molecular formula is C32H37NO7S. The van der Waals surface area contributed by atoms with E-state index in [-0.39, 0.29) is 12.9 Å². The maximum absolute atomic E-state index is 13.4. The molecule has 8 nitrogen and oxygen atoms in total. The van der Waals surface area contributed by atoms with Gasteiger partial charge in [-0.25, -0.2) is 4.79 Å². The lowest BCUT2D eigenvalue weighted by molar-refractivity contribution is -0.139. The summed E-state index contributed by atoms with van der Waals surface area (Å²) in [7, 11) is 0. The second kappa shape index (κ2) is 14.9. The molecule has 0 radical (unpaired) electrons. The third kappa shape index (κ3) is 8.25. The molecule has 0 spiro atoms. The fraction of sp³-hybridized carbons (Fsp3) is 0.375. The standard InChI is InChI=1S/C32H37NO7S/c1-4-37-19-24(15-22-10-12-29-30(17-22)40-20-39-29)38-18-23-9-11-26(27(16-23)25-8-6-5-7-21(25)2)31(34)33-28(32(35)36)13-14-41-3/h5-12,16-17,24,28H,4,13-15,18-20H2,1-3H3,(H,33,34)(H,35,36). The van der Waals surface area contributed by atoms with E-state index in [4.69, 9.17) is 18.9 Å². The second-order valence-electron chi connectivity index (χ2n) is 9.82. The first-order valence-corrected chi connectivity index (χ1v) is 15.1. The van der Waals surface area contributed by atoms with Crippen LogP contribution in [0.4, 0.5) is 0 Å². The minimum absolute atomic E-state index is 0.201. The van der Waals surface area contributed by atoms with Gasteiger partial charge < -0.3 is 29.4 Å². The van der Waals surface area contributed by atoms with Crippen molar-refractivity contribution >= 4 is 23.6 Å². The van der Waals surface area contributed by atoms with Crippen LogP contribution < -0.4 is 14.8 Å². The highest BCUT2D eigenvalue weighted by Gasteiger charge is 2.23. The Bertz CT molecular complexity index is 1350. The maximum atomic E-state index is 13.4. The van der Waals surface area contributed by atoms with Gasteiger partial charge in [0.05, 0.1) is 19.3 Å². The van der Waals surface area contributed by atoms with Gasteiger partial charge in [-0.2, -0.15) is 11.8 Å². The predicted molar refractivity (Wildman–Crippen MR) is 160 cm³/mol. The summed E-state index contributed by atoms with van der Waals surface area (Å²) < 4.78 is 23.0. The number of fused-ring (bicyclic) bond motifs is 1. The van der Waals surface area contributed by atoms with E-state index in [1.54, 1.807) is 17.8 Å². The summed E-state index contributed by atoms with van der Waals surface area (Å²) in [5, 5.41) is 12.4. The fourth-order valence-corrected chi connectivity index (χ4v) is 5.14. The van der Waals surface area contributed by atoms with Crippen LogP contribution in [0.3, 0.4) is 0 Å². The second-order valence-corrected chi connectivity index (χ2v) is 10.8. The normalized spacial score (nSPS) is 13.5. The molecule has 1 aliphatic rings. The molecule has 0 saturated carbocycles. The predicted octanol–water partition coefficient (Wildman–Crippen LogP) is 5.49. The molecule has 1 heterocycles. The summed E-state index contributed by atoms with van der Waals surface area (Å²) in [4.78, 5) is 25.1. The van der Waals surface area contributed by atoms with E-state index in [1.807, 2.05) is 74.7 Å². The summed E-state index contributed by atoms with van der Waals surface area (Å²) >= 11 is 1.54. The Morgan fingerprint density at radius 2 is 1.80 bits per heavy atom. The van der Waals surface area contributed by atoms with Crippen LogP contribution >= 0.6 is 11.8 Å². The van der Waals surface area contributed by atoms with Crippen LogP contribution in [0.1, 0.15) is 40.4 Å². The minimum Gasteiger partial charge on any atom is -0.480 e. The Labute approximate surface area is 245 Å². The van der Waals surface area contributed by atoms with Gasteiger partial charge >= 0.3 is 5.97 Å². The molecule has 1 amide bonds. The summed E-state index contributed by atoms with van der Waals surface area (Å²) in [6, 6.07) is 18.3. The molecule has 0 aliphatic carbocycles. The third-order valence-electron chi connectivity index (χ3n) is 6.87. The van der Waals surface area contributed by atoms with E-state index in [0.717, 1.165) is 39.3 Å². The van der Waals surface area contributed by atoms with Crippen molar-refractivity contribution in [2.24, 2.45) is 0 Å². The van der Waals surface area contributed by atoms with Gasteiger partial charge in [0.15, 0.2) is 11.5 Å². The molecule has 4 rings (SSSR count). The molecule has 0 fully saturated rings. The number of hydrogen-bond donors (Lipinski definition) is 2. The zero-order valence-electron chi connectivity index (χ0n) is 23.7. The van der Waals surface area contributed by atoms with Gasteiger partial charge in [0.2, 0.25) is 6.79 Å². The van der Waals surface area contributed by atoms with Crippen LogP contribution in [-0.2, 0) is 27.3 Å². The van der Waals surface area contributed by atoms with E-state index >= 15 is 0 Å². The number of benzene rings is 3. The molecule has 41 heavy (non-hydrogen) atoms. The highest BCUT2D eigenvalue weighted by molar-refractivity contribution is 7.98. The molecule has 3 aromatic rings. The van der Waals surface area contributed by atoms with Crippen LogP contribution in [-0.4, -0.2) is 61.1 Å². The first-order chi connectivity index (χ1) is 19.9. The van der Waals surface area contributed by atoms with E-state index < -0.39 is 17.9 Å². The Balaban J connectivity index is 1.55. The van der Waals surface area contributed by atoms with Crippen molar-refractivity contribution in [3.05, 3.63) is 82.9 Å². The van der Waals surface area contributed by atoms with Gasteiger partial charge in [-0.3, -0.25) is 4.79 Å². The smallest absolute Gasteiger partial charge is 0.326 e. The number of carboxylic acids is 1. The summed E-state index contributed by atoms with van der Waals surface area (Å²) in [5.74, 6) is 0.641. The number of rotatable bonds is 15. The molecule has 218 valence electrons. The molecule has 0 saturated heterocycles. The van der Waals surface area contributed by atoms with Gasteiger partial charge in [0.1, 0.15) is 6.04 Å². The number of amides is 1. The monoisotopic (exact) mass is 579 g/mol. The Morgan fingerprint density at radius 3 is 2.56 bits per heavy atom. The number of ether oxygens (including phenoxy) is 4. The van der Waals surface area contributed by atoms with Gasteiger partial charge in [-0.1, -0.05) is 36.4 Å². The van der Waals surface area contributed by atoms with Crippen molar-refractivity contribution in [1.29, 1.82) is 0 Å². The van der Waals surface area contributed by atoms with Crippen LogP contribution in [0.5, 0.6) is 11.5 Å². The zero-order valence-corrected chi connectivity index (χ0v) is 24.5. The van der Waals surface area contributed by atoms with Crippen LogP contribution in [0.25, 0.3) is 11.1 Å². The average molecular weight is 580 g/mol. The van der Waals surface area contributed by atoms with Crippen LogP contribution in [0.15, 0.2) is 60.7 Å². The molecule has 9 heteroatoms. The lowest BCUT2D eigenvalue weighted by Gasteiger charge is -2.20. The van der Waals surface area contributed by atoms with Gasteiger partial charge in [-0.05, 0) is 84.4 Å². The van der Waals surface area contributed by atoms with Crippen molar-refractivity contribution in [2.75, 3.05) is 32.0 Å². The van der Waals surface area contributed by atoms with Crippen LogP contribution in [0.2, 0.25) is 0 Å². The van der Waals surface area contributed by atoms with E-state index in [1.165, 1.54) is 0 Å². The number of carbonyl (C=O) groups excluding carboxylic acids is 1. The molecule has 0 aromatic heterocycles. The molecule has 2 N–H and O–H groups in total. The van der Waals surface area contributed by atoms with E-state index in [0.29, 0.717) is 44.0 Å². The SMILES string of the molecule is CCOCC(Cc1ccc2c(c1)OCO2)OCc1ccc(C(=O)NC(CCSC)C(=O)O)c(-c2ccccc2C)c1. The van der Waals surface area contributed by atoms with Crippen LogP contribution in [0, 0.1) is 6.92 Å². The number of aryl methyl sites for hydroxylation is 1. The van der Waals surface area contributed by atoms with Crippen molar-refractivity contribution < 1.29 is 33.6 Å². The molecule has 2 unspecified atom stereocenters. The number of carboxylic acid groups (broad SMARTS) is 1. The number of thioether (sulfide) groups is 1. The quantitative estimate of drug-likeness (QED) is 0.244. The highest BCUT2D eigenvalue weighted by atomic mass is 32.2. The summed E-state index contributed by atoms with van der Waals surface area (Å²) in [5.41, 5.74) is 5.01. The number of carbonyl (C=O) groups is 2. The fourth-order valence-electron chi connectivity index (χ4n) is 4.67. The van der Waals surface area contributed by atoms with Crippen molar-refractivity contribution in [2.45, 2.75) is 45.4 Å². The minimum atomic E-state index is -1.04. The Hall–Kier alpha value is -3.53. The summed E-state index contributed by atoms with van der Waals surface area (Å²) in [6.45, 7) is 5.49. The lowest BCUT2D eigenvalue weighted by atomic mass is 9.93. The zero-order chi connectivity index (χ0) is 29.2. The number of nitrogens with one attached hydrogen (secondary N) is 1. The largest absolute Gasteiger partial charge is 0.480 e. The first-order valence-electron chi connectivity index (χ1n) is 13.7. The molecule has 3 aromatic carbocycles. The van der Waals surface area contributed by atoms with Crippen molar-refractivity contribution in [3.8, 4) is 22.6 Å². The topological polar surface area (TPSA) is 103 Å². The molecular weight excluding hydrogens is 542 g/mol. The Morgan fingerprint density at radius 1 is 1.02 bits per heavy atom.